The number of anilines is 2. The Labute approximate surface area is 320 Å². The number of benzene rings is 1. The maximum Gasteiger partial charge on any atom is 0.412 e. The fraction of sp³-hybridized carbons (Fsp3) is 0.625. The Morgan fingerprint density at radius 3 is 2.69 bits per heavy atom. The van der Waals surface area contributed by atoms with Crippen LogP contribution in [0.1, 0.15) is 103 Å². The topological polar surface area (TPSA) is 127 Å². The van der Waals surface area contributed by atoms with Crippen LogP contribution in [0.3, 0.4) is 0 Å². The zero-order valence-electron chi connectivity index (χ0n) is 32.8. The predicted octanol–water partition coefficient (Wildman–Crippen LogP) is 5.84. The summed E-state index contributed by atoms with van der Waals surface area (Å²) in [6.45, 7) is 10.6. The minimum atomic E-state index is -1.05. The molecule has 55 heavy (non-hydrogen) atoms. The fourth-order valence-electron chi connectivity index (χ4n) is 9.40. The molecule has 13 nitrogen and oxygen atoms in total. The maximum atomic E-state index is 16.8. The summed E-state index contributed by atoms with van der Waals surface area (Å²) in [5, 5.41) is 7.27. The Morgan fingerprint density at radius 1 is 1.09 bits per heavy atom. The van der Waals surface area contributed by atoms with Crippen molar-refractivity contribution in [2.24, 2.45) is 0 Å². The van der Waals surface area contributed by atoms with E-state index in [1.807, 2.05) is 17.7 Å². The molecular formula is C40H52F2N8O5. The molecule has 2 amide bonds. The van der Waals surface area contributed by atoms with Crippen LogP contribution >= 0.6 is 0 Å². The van der Waals surface area contributed by atoms with Crippen LogP contribution in [-0.4, -0.2) is 99.2 Å². The second kappa shape index (κ2) is 14.0. The van der Waals surface area contributed by atoms with Crippen molar-refractivity contribution in [3.8, 4) is 6.01 Å². The van der Waals surface area contributed by atoms with E-state index in [2.05, 4.69) is 20.2 Å². The zero-order valence-corrected chi connectivity index (χ0v) is 32.8. The summed E-state index contributed by atoms with van der Waals surface area (Å²) in [5.41, 5.74) is 2.81. The van der Waals surface area contributed by atoms with E-state index in [-0.39, 0.29) is 37.2 Å². The third-order valence-electron chi connectivity index (χ3n) is 11.9. The quantitative estimate of drug-likeness (QED) is 0.328. The lowest BCUT2D eigenvalue weighted by Gasteiger charge is -2.43. The molecular weight excluding hydrogens is 710 g/mol. The molecule has 0 bridgehead atoms. The lowest BCUT2D eigenvalue weighted by Crippen LogP contribution is -2.44. The lowest BCUT2D eigenvalue weighted by atomic mass is 9.73. The van der Waals surface area contributed by atoms with Gasteiger partial charge in [0.2, 0.25) is 0 Å². The summed E-state index contributed by atoms with van der Waals surface area (Å²) in [7, 11) is 3.42. The number of carbonyl (C=O) groups excluding carboxylic acids is 2. The van der Waals surface area contributed by atoms with Gasteiger partial charge in [-0.15, -0.1) is 0 Å². The summed E-state index contributed by atoms with van der Waals surface area (Å²) in [4.78, 5) is 41.6. The molecule has 8 rings (SSSR count). The van der Waals surface area contributed by atoms with Gasteiger partial charge in [-0.25, -0.2) is 13.6 Å². The molecule has 1 aromatic carbocycles. The number of fused-ring (bicyclic) bond motifs is 5. The van der Waals surface area contributed by atoms with Gasteiger partial charge in [0.15, 0.2) is 11.5 Å². The predicted molar refractivity (Wildman–Crippen MR) is 201 cm³/mol. The summed E-state index contributed by atoms with van der Waals surface area (Å²) in [5.74, 6) is -0.0383. The average molecular weight is 763 g/mol. The van der Waals surface area contributed by atoms with E-state index >= 15 is 4.39 Å². The number of hydrogen-bond donors (Lipinski definition) is 1. The highest BCUT2D eigenvalue weighted by Crippen LogP contribution is 2.49. The second-order valence-electron chi connectivity index (χ2n) is 17.2. The Morgan fingerprint density at radius 2 is 1.91 bits per heavy atom. The van der Waals surface area contributed by atoms with Gasteiger partial charge in [-0.3, -0.25) is 19.7 Å². The first-order valence-electron chi connectivity index (χ1n) is 19.6. The van der Waals surface area contributed by atoms with Gasteiger partial charge in [-0.05, 0) is 96.0 Å². The Balaban J connectivity index is 1.17. The maximum absolute atomic E-state index is 16.8. The number of alkyl halides is 1. The monoisotopic (exact) mass is 762 g/mol. The number of nitrogens with zero attached hydrogens (tertiary/aromatic N) is 7. The van der Waals surface area contributed by atoms with Crippen molar-refractivity contribution in [2.75, 3.05) is 50.6 Å². The Kier molecular flexibility index (Phi) is 9.54. The van der Waals surface area contributed by atoms with Gasteiger partial charge in [0.25, 0.3) is 5.91 Å². The highest BCUT2D eigenvalue weighted by Gasteiger charge is 2.50. The Hall–Kier alpha value is -4.37. The van der Waals surface area contributed by atoms with Crippen LogP contribution in [0.4, 0.5) is 25.1 Å². The normalized spacial score (nSPS) is 24.8. The number of rotatable bonds is 6. The van der Waals surface area contributed by atoms with Gasteiger partial charge >= 0.3 is 12.1 Å². The summed E-state index contributed by atoms with van der Waals surface area (Å²) >= 11 is 0. The minimum Gasteiger partial charge on any atom is -0.461 e. The summed E-state index contributed by atoms with van der Waals surface area (Å²) < 4.78 is 52.2. The number of amides is 2. The number of aromatic nitrogens is 4. The van der Waals surface area contributed by atoms with Gasteiger partial charge in [0.05, 0.1) is 35.8 Å². The highest BCUT2D eigenvalue weighted by atomic mass is 19.1. The number of aryl methyl sites for hydroxylation is 2. The number of carbonyl (C=O) groups is 2. The van der Waals surface area contributed by atoms with Crippen LogP contribution in [0, 0.1) is 12.7 Å². The van der Waals surface area contributed by atoms with E-state index in [4.69, 9.17) is 24.2 Å². The zero-order chi connectivity index (χ0) is 38.9. The minimum absolute atomic E-state index is 0.0463. The van der Waals surface area contributed by atoms with Crippen molar-refractivity contribution in [1.29, 1.82) is 0 Å². The van der Waals surface area contributed by atoms with Crippen molar-refractivity contribution in [3.63, 3.8) is 0 Å². The lowest BCUT2D eigenvalue weighted by molar-refractivity contribution is -0.0877. The Bertz CT molecular complexity index is 2020. The van der Waals surface area contributed by atoms with Gasteiger partial charge < -0.3 is 24.0 Å². The van der Waals surface area contributed by atoms with Crippen LogP contribution in [0.15, 0.2) is 12.1 Å². The molecule has 2 saturated heterocycles. The van der Waals surface area contributed by atoms with E-state index in [9.17, 15) is 14.0 Å². The molecule has 4 aliphatic heterocycles. The first kappa shape index (κ1) is 37.5. The van der Waals surface area contributed by atoms with Crippen LogP contribution in [0.5, 0.6) is 6.01 Å². The molecule has 1 unspecified atom stereocenters. The van der Waals surface area contributed by atoms with Crippen LogP contribution in [-0.2, 0) is 47.6 Å². The third-order valence-corrected chi connectivity index (χ3v) is 11.9. The largest absolute Gasteiger partial charge is 0.461 e. The standard InChI is InChI=1S/C40H52F2N8O5/c1-24-16-29(44-37(52)55-38(2,3)4)33(42)32-27(24)10-7-12-40(32)19-31-28(22-54-40)34(45-36(43-31)53-23-39-11-8-14-49(39)20-25(41)18-39)48-13-9-15-50-26(21-48)17-30(46-50)35(51)47(5)6/h16-17,25H,7-15,18-23H2,1-6H3,(H,44,52)/t25-,39+,40?/m1/s1. The number of halogens is 2. The summed E-state index contributed by atoms with van der Waals surface area (Å²) in [6, 6.07) is 3.70. The number of hydrogen-bond acceptors (Lipinski definition) is 10. The van der Waals surface area contributed by atoms with E-state index in [1.165, 1.54) is 4.90 Å². The molecule has 1 spiro atoms. The highest BCUT2D eigenvalue weighted by molar-refractivity contribution is 5.92. The number of ether oxygens (including phenoxy) is 3. The van der Waals surface area contributed by atoms with E-state index in [0.29, 0.717) is 68.2 Å². The van der Waals surface area contributed by atoms with Crippen LogP contribution < -0.4 is 15.0 Å². The van der Waals surface area contributed by atoms with E-state index in [0.717, 1.165) is 54.6 Å². The van der Waals surface area contributed by atoms with Crippen molar-refractivity contribution in [3.05, 3.63) is 57.3 Å². The number of nitrogens with one attached hydrogen (secondary N) is 1. The molecule has 0 saturated carbocycles. The molecule has 296 valence electrons. The van der Waals surface area contributed by atoms with E-state index < -0.39 is 34.8 Å². The molecule has 3 aromatic rings. The molecule has 5 aliphatic rings. The van der Waals surface area contributed by atoms with Gasteiger partial charge in [-0.1, -0.05) is 0 Å². The van der Waals surface area contributed by atoms with Crippen molar-refractivity contribution in [1.82, 2.24) is 29.5 Å². The van der Waals surface area contributed by atoms with Gasteiger partial charge in [0, 0.05) is 57.7 Å². The smallest absolute Gasteiger partial charge is 0.412 e. The third kappa shape index (κ3) is 7.02. The second-order valence-corrected chi connectivity index (χ2v) is 17.2. The molecule has 2 aromatic heterocycles. The SMILES string of the molecule is Cc1cc(NC(=O)OC(C)(C)C)c(F)c2c1CCCC21Cc2nc(OC[C@@]34CCCN3C[C@H](F)C4)nc(N3CCCn4nc(C(=O)N(C)C)cc4C3)c2CO1. The molecule has 3 atom stereocenters. The molecule has 6 heterocycles. The molecule has 2 fully saturated rings. The summed E-state index contributed by atoms with van der Waals surface area (Å²) in [6.07, 6.45) is 3.67. The average Bonchev–Trinajstić information content (AvgIpc) is 3.74. The van der Waals surface area contributed by atoms with Crippen molar-refractivity contribution < 1.29 is 32.6 Å². The van der Waals surface area contributed by atoms with Crippen LogP contribution in [0.25, 0.3) is 0 Å². The molecule has 1 aliphatic carbocycles. The van der Waals surface area contributed by atoms with Gasteiger partial charge in [0.1, 0.15) is 29.8 Å². The fourth-order valence-corrected chi connectivity index (χ4v) is 9.40. The van der Waals surface area contributed by atoms with Crippen LogP contribution in [0.2, 0.25) is 0 Å². The van der Waals surface area contributed by atoms with Gasteiger partial charge in [-0.2, -0.15) is 15.1 Å². The van der Waals surface area contributed by atoms with E-state index in [1.54, 1.807) is 40.9 Å². The first-order chi connectivity index (χ1) is 26.1. The first-order valence-corrected chi connectivity index (χ1v) is 19.6. The van der Waals surface area contributed by atoms with Crippen molar-refractivity contribution >= 4 is 23.5 Å². The van der Waals surface area contributed by atoms with Crippen molar-refractivity contribution in [2.45, 2.75) is 122 Å². The molecule has 1 N–H and O–H groups in total. The molecule has 0 radical (unpaired) electrons. The molecule has 15 heteroatoms.